The van der Waals surface area contributed by atoms with Gasteiger partial charge in [-0.25, -0.2) is 9.29 Å². The minimum absolute atomic E-state index is 0.198. The molecule has 0 atom stereocenters. The highest BCUT2D eigenvalue weighted by molar-refractivity contribution is 8.76. The predicted molar refractivity (Wildman–Crippen MR) is 96.9 cm³/mol. The Balaban J connectivity index is 1.71. The van der Waals surface area contributed by atoms with Crippen LogP contribution in [0, 0.1) is 0 Å². The number of fused-ring (bicyclic) bond motifs is 1. The Kier molecular flexibility index (Phi) is 4.84. The lowest BCUT2D eigenvalue weighted by Crippen LogP contribution is -2.41. The quantitative estimate of drug-likeness (QED) is 0.502. The Hall–Kier alpha value is -0.230. The van der Waals surface area contributed by atoms with Gasteiger partial charge in [-0.3, -0.25) is 0 Å². The van der Waals surface area contributed by atoms with Crippen LogP contribution < -0.4 is 0 Å². The molecule has 3 rings (SSSR count). The molecule has 0 radical (unpaired) electrons. The van der Waals surface area contributed by atoms with E-state index in [1.807, 2.05) is 21.8 Å². The van der Waals surface area contributed by atoms with Crippen molar-refractivity contribution in [1.82, 2.24) is 9.29 Å². The molecular weight excluding hydrogens is 316 g/mol. The van der Waals surface area contributed by atoms with Crippen LogP contribution in [0.25, 0.3) is 10.2 Å². The molecule has 0 unspecified atom stereocenters. The lowest BCUT2D eigenvalue weighted by Gasteiger charge is -2.38. The van der Waals surface area contributed by atoms with Gasteiger partial charge in [-0.15, -0.1) is 11.3 Å². The van der Waals surface area contributed by atoms with Gasteiger partial charge in [0.2, 0.25) is 0 Å². The average molecular weight is 339 g/mol. The van der Waals surface area contributed by atoms with E-state index in [1.54, 1.807) is 11.3 Å². The fourth-order valence-electron chi connectivity index (χ4n) is 2.82. The summed E-state index contributed by atoms with van der Waals surface area (Å²) in [7, 11) is 3.71. The van der Waals surface area contributed by atoms with E-state index < -0.39 is 0 Å². The summed E-state index contributed by atoms with van der Waals surface area (Å²) in [5.41, 5.74) is 1.32. The van der Waals surface area contributed by atoms with Crippen LogP contribution in [0.5, 0.6) is 0 Å². The Labute approximate surface area is 139 Å². The number of hydrogen-bond acceptors (Lipinski definition) is 5. The highest BCUT2D eigenvalue weighted by Gasteiger charge is 2.32. The van der Waals surface area contributed by atoms with E-state index in [0.29, 0.717) is 0 Å². The van der Waals surface area contributed by atoms with Crippen LogP contribution in [0.4, 0.5) is 0 Å². The van der Waals surface area contributed by atoms with Crippen molar-refractivity contribution in [3.8, 4) is 0 Å². The van der Waals surface area contributed by atoms with Crippen LogP contribution in [-0.4, -0.2) is 20.9 Å². The molecule has 5 heteroatoms. The molecule has 114 valence electrons. The number of nitrogens with zero attached hydrogens (tertiary/aromatic N) is 2. The van der Waals surface area contributed by atoms with Gasteiger partial charge in [0.05, 0.1) is 10.2 Å². The summed E-state index contributed by atoms with van der Waals surface area (Å²) in [6, 6.07) is 9.11. The number of rotatable bonds is 4. The van der Waals surface area contributed by atoms with Crippen LogP contribution in [0.3, 0.4) is 0 Å². The molecule has 0 N–H and O–H groups in total. The highest BCUT2D eigenvalue weighted by Crippen LogP contribution is 2.44. The molecule has 0 aliphatic heterocycles. The van der Waals surface area contributed by atoms with Crippen LogP contribution in [0.15, 0.2) is 28.6 Å². The van der Waals surface area contributed by atoms with E-state index in [0.717, 1.165) is 15.9 Å². The van der Waals surface area contributed by atoms with Crippen molar-refractivity contribution in [3.05, 3.63) is 24.3 Å². The highest BCUT2D eigenvalue weighted by atomic mass is 33.1. The molecule has 1 fully saturated rings. The van der Waals surface area contributed by atoms with Crippen molar-refractivity contribution >= 4 is 43.3 Å². The molecule has 2 nitrogen and oxygen atoms in total. The van der Waals surface area contributed by atoms with Crippen LogP contribution in [0.2, 0.25) is 0 Å². The Morgan fingerprint density at radius 3 is 2.57 bits per heavy atom. The fraction of sp³-hybridized carbons (Fsp3) is 0.562. The van der Waals surface area contributed by atoms with E-state index in [4.69, 9.17) is 4.98 Å². The first-order chi connectivity index (χ1) is 10.0. The predicted octanol–water partition coefficient (Wildman–Crippen LogP) is 5.99. The first-order valence-electron chi connectivity index (χ1n) is 7.53. The van der Waals surface area contributed by atoms with Gasteiger partial charge in [0.25, 0.3) is 0 Å². The summed E-state index contributed by atoms with van der Waals surface area (Å²) < 4.78 is 5.04. The Morgan fingerprint density at radius 1 is 1.19 bits per heavy atom. The maximum atomic E-state index is 4.73. The monoisotopic (exact) mass is 338 g/mol. The van der Waals surface area contributed by atoms with Crippen molar-refractivity contribution in [1.29, 1.82) is 0 Å². The number of thiazole rings is 1. The summed E-state index contributed by atoms with van der Waals surface area (Å²) in [5.74, 6) is 0. The van der Waals surface area contributed by atoms with Crippen LogP contribution in [-0.2, 0) is 0 Å². The number of para-hydroxylation sites is 1. The third kappa shape index (κ3) is 3.76. The fourth-order valence-corrected chi connectivity index (χ4v) is 6.92. The minimum atomic E-state index is 0.198. The number of hydrogen-bond donors (Lipinski definition) is 0. The van der Waals surface area contributed by atoms with Gasteiger partial charge in [-0.1, -0.05) is 25.0 Å². The maximum Gasteiger partial charge on any atom is 0.162 e. The molecule has 2 aromatic rings. The maximum absolute atomic E-state index is 4.73. The first-order valence-corrected chi connectivity index (χ1v) is 10.5. The zero-order valence-corrected chi connectivity index (χ0v) is 15.3. The molecule has 1 aromatic carbocycles. The van der Waals surface area contributed by atoms with Crippen molar-refractivity contribution in [3.63, 3.8) is 0 Å². The van der Waals surface area contributed by atoms with E-state index in [9.17, 15) is 0 Å². The topological polar surface area (TPSA) is 16.1 Å². The van der Waals surface area contributed by atoms with Gasteiger partial charge in [0.1, 0.15) is 0 Å². The molecule has 21 heavy (non-hydrogen) atoms. The van der Waals surface area contributed by atoms with Gasteiger partial charge in [0, 0.05) is 11.6 Å². The lowest BCUT2D eigenvalue weighted by molar-refractivity contribution is 0.214. The minimum Gasteiger partial charge on any atom is -0.233 e. The second kappa shape index (κ2) is 6.49. The normalized spacial score (nSPS) is 17.1. The number of benzene rings is 1. The molecule has 1 aliphatic carbocycles. The van der Waals surface area contributed by atoms with Gasteiger partial charge in [0.15, 0.2) is 4.34 Å². The van der Waals surface area contributed by atoms with E-state index in [-0.39, 0.29) is 5.54 Å². The van der Waals surface area contributed by atoms with Gasteiger partial charge in [-0.05, 0) is 67.5 Å². The largest absolute Gasteiger partial charge is 0.233 e. The number of aromatic nitrogens is 1. The Morgan fingerprint density at radius 2 is 1.90 bits per heavy atom. The molecule has 0 amide bonds. The SMILES string of the molecule is CC(C)(C)N(SSc1nc2ccccc2s1)C1CCCC1. The third-order valence-electron chi connectivity index (χ3n) is 3.78. The van der Waals surface area contributed by atoms with Gasteiger partial charge >= 0.3 is 0 Å². The van der Waals surface area contributed by atoms with Crippen LogP contribution in [0.1, 0.15) is 46.5 Å². The summed E-state index contributed by atoms with van der Waals surface area (Å²) in [6.07, 6.45) is 5.43. The second-order valence-corrected chi connectivity index (χ2v) is 9.87. The zero-order chi connectivity index (χ0) is 14.9. The molecule has 0 bridgehead atoms. The average Bonchev–Trinajstić information content (AvgIpc) is 3.05. The molecular formula is C16H22N2S3. The van der Waals surface area contributed by atoms with Gasteiger partial charge < -0.3 is 0 Å². The molecule has 1 aromatic heterocycles. The lowest BCUT2D eigenvalue weighted by atomic mass is 10.1. The first kappa shape index (κ1) is 15.7. The Bertz CT molecular complexity index is 564. The molecule has 1 heterocycles. The van der Waals surface area contributed by atoms with Crippen molar-refractivity contribution in [2.75, 3.05) is 0 Å². The third-order valence-corrected chi connectivity index (χ3v) is 7.92. The van der Waals surface area contributed by atoms with E-state index in [2.05, 4.69) is 49.3 Å². The molecule has 0 spiro atoms. The summed E-state index contributed by atoms with van der Waals surface area (Å²) in [5, 5.41) is 0. The van der Waals surface area contributed by atoms with Crippen molar-refractivity contribution in [2.24, 2.45) is 0 Å². The smallest absolute Gasteiger partial charge is 0.162 e. The standard InChI is InChI=1S/C16H22N2S3/c1-16(2,3)18(12-8-4-5-9-12)21-20-15-17-13-10-6-7-11-14(13)19-15/h6-7,10-12H,4-5,8-9H2,1-3H3. The van der Waals surface area contributed by atoms with Gasteiger partial charge in [-0.2, -0.15) is 0 Å². The van der Waals surface area contributed by atoms with Crippen molar-refractivity contribution in [2.45, 2.75) is 62.4 Å². The van der Waals surface area contributed by atoms with E-state index >= 15 is 0 Å². The second-order valence-electron chi connectivity index (χ2n) is 6.54. The molecule has 1 saturated carbocycles. The zero-order valence-electron chi connectivity index (χ0n) is 12.8. The van der Waals surface area contributed by atoms with Crippen molar-refractivity contribution < 1.29 is 0 Å². The molecule has 1 aliphatic rings. The molecule has 0 saturated heterocycles. The van der Waals surface area contributed by atoms with Crippen LogP contribution >= 0.6 is 33.1 Å². The summed E-state index contributed by atoms with van der Waals surface area (Å²) in [6.45, 7) is 6.95. The van der Waals surface area contributed by atoms with E-state index in [1.165, 1.54) is 30.4 Å². The summed E-state index contributed by atoms with van der Waals surface area (Å²) in [4.78, 5) is 4.73. The summed E-state index contributed by atoms with van der Waals surface area (Å²) >= 11 is 1.80.